The minimum Gasteiger partial charge on any atom is -0.352 e. The van der Waals surface area contributed by atoms with Gasteiger partial charge in [-0.15, -0.1) is 0 Å². The molecule has 9 heteroatoms. The van der Waals surface area contributed by atoms with Crippen molar-refractivity contribution in [1.82, 2.24) is 30.7 Å². The summed E-state index contributed by atoms with van der Waals surface area (Å²) in [5.41, 5.74) is 2.81. The molecule has 0 fully saturated rings. The van der Waals surface area contributed by atoms with Gasteiger partial charge in [0.25, 0.3) is 11.7 Å². The number of hydrogen-bond acceptors (Lipinski definition) is 6. The topological polar surface area (TPSA) is 113 Å². The second-order valence-corrected chi connectivity index (χ2v) is 5.38. The quantitative estimate of drug-likeness (QED) is 0.836. The van der Waals surface area contributed by atoms with E-state index in [-0.39, 0.29) is 24.3 Å². The van der Waals surface area contributed by atoms with Crippen LogP contribution in [0.2, 0.25) is 0 Å². The lowest BCUT2D eigenvalue weighted by atomic mass is 10.2. The number of hydrogen-bond donors (Lipinski definition) is 2. The first-order valence-corrected chi connectivity index (χ1v) is 7.37. The van der Waals surface area contributed by atoms with Gasteiger partial charge in [0.2, 0.25) is 5.89 Å². The molecule has 0 aliphatic heterocycles. The Morgan fingerprint density at radius 2 is 2.00 bits per heavy atom. The van der Waals surface area contributed by atoms with Crippen molar-refractivity contribution in [1.29, 1.82) is 0 Å². The van der Waals surface area contributed by atoms with Crippen LogP contribution < -0.4 is 10.6 Å². The lowest BCUT2D eigenvalue weighted by Crippen LogP contribution is -2.36. The fourth-order valence-electron chi connectivity index (χ4n) is 2.14. The minimum atomic E-state index is -0.450. The third-order valence-corrected chi connectivity index (χ3v) is 3.19. The normalized spacial score (nSPS) is 10.3. The maximum absolute atomic E-state index is 12.1. The molecule has 3 amide bonds. The van der Waals surface area contributed by atoms with Crippen molar-refractivity contribution < 1.29 is 14.1 Å². The summed E-state index contributed by atoms with van der Waals surface area (Å²) >= 11 is 0. The van der Waals surface area contributed by atoms with Crippen molar-refractivity contribution in [2.75, 3.05) is 14.1 Å². The predicted molar refractivity (Wildman–Crippen MR) is 85.1 cm³/mol. The van der Waals surface area contributed by atoms with E-state index in [0.29, 0.717) is 6.54 Å². The Kier molecular flexibility index (Phi) is 5.46. The molecule has 0 aliphatic carbocycles. The number of aromatic nitrogens is 3. The van der Waals surface area contributed by atoms with Crippen LogP contribution in [0.3, 0.4) is 0 Å². The summed E-state index contributed by atoms with van der Waals surface area (Å²) in [6, 6.07) is 3.60. The number of pyridine rings is 1. The van der Waals surface area contributed by atoms with E-state index in [1.54, 1.807) is 7.05 Å². The Bertz CT molecular complexity index is 722. The molecule has 2 aromatic heterocycles. The van der Waals surface area contributed by atoms with Crippen molar-refractivity contribution >= 4 is 11.9 Å². The molecule has 0 atom stereocenters. The van der Waals surface area contributed by atoms with E-state index in [2.05, 4.69) is 25.8 Å². The molecule has 0 spiro atoms. The monoisotopic (exact) mass is 332 g/mol. The summed E-state index contributed by atoms with van der Waals surface area (Å²) in [6.45, 7) is 4.31. The van der Waals surface area contributed by atoms with Crippen molar-refractivity contribution in [3.05, 3.63) is 40.8 Å². The van der Waals surface area contributed by atoms with Gasteiger partial charge in [-0.2, -0.15) is 4.98 Å². The molecule has 128 valence electrons. The summed E-state index contributed by atoms with van der Waals surface area (Å²) in [7, 11) is 3.13. The molecule has 0 aliphatic rings. The number of nitrogens with one attached hydrogen (secondary N) is 2. The van der Waals surface area contributed by atoms with Gasteiger partial charge >= 0.3 is 6.03 Å². The first-order valence-electron chi connectivity index (χ1n) is 7.37. The fraction of sp³-hybridized carbons (Fsp3) is 0.400. The molecule has 0 saturated carbocycles. The van der Waals surface area contributed by atoms with Crippen molar-refractivity contribution in [2.24, 2.45) is 0 Å². The van der Waals surface area contributed by atoms with Gasteiger partial charge in [-0.25, -0.2) is 4.79 Å². The van der Waals surface area contributed by atoms with Gasteiger partial charge in [-0.1, -0.05) is 5.16 Å². The standard InChI is InChI=1S/C15H20N6O3/c1-9-5-10(2)18-11(6-9)8-21(4)15(23)17-7-12-19-13(20-24-12)14(22)16-3/h5-6H,7-8H2,1-4H3,(H,16,22)(H,17,23). The predicted octanol–water partition coefficient (Wildman–Crippen LogP) is 0.783. The highest BCUT2D eigenvalue weighted by molar-refractivity contribution is 5.89. The van der Waals surface area contributed by atoms with Gasteiger partial charge in [-0.3, -0.25) is 9.78 Å². The van der Waals surface area contributed by atoms with Crippen LogP contribution in [-0.2, 0) is 13.1 Å². The summed E-state index contributed by atoms with van der Waals surface area (Å²) in [5.74, 6) is -0.372. The van der Waals surface area contributed by atoms with Gasteiger partial charge in [0.15, 0.2) is 0 Å². The highest BCUT2D eigenvalue weighted by Gasteiger charge is 2.15. The molecule has 2 N–H and O–H groups in total. The Labute approximate surface area is 139 Å². The zero-order chi connectivity index (χ0) is 17.7. The van der Waals surface area contributed by atoms with E-state index in [1.165, 1.54) is 11.9 Å². The van der Waals surface area contributed by atoms with Crippen LogP contribution >= 0.6 is 0 Å². The van der Waals surface area contributed by atoms with Crippen LogP contribution in [-0.4, -0.2) is 46.1 Å². The molecule has 9 nitrogen and oxygen atoms in total. The van der Waals surface area contributed by atoms with E-state index < -0.39 is 5.91 Å². The molecule has 2 aromatic rings. The fourth-order valence-corrected chi connectivity index (χ4v) is 2.14. The maximum Gasteiger partial charge on any atom is 0.317 e. The smallest absolute Gasteiger partial charge is 0.317 e. The maximum atomic E-state index is 12.1. The summed E-state index contributed by atoms with van der Waals surface area (Å²) in [6.07, 6.45) is 0. The van der Waals surface area contributed by atoms with E-state index in [0.717, 1.165) is 17.0 Å². The second kappa shape index (κ2) is 7.53. The zero-order valence-corrected chi connectivity index (χ0v) is 14.1. The number of urea groups is 1. The summed E-state index contributed by atoms with van der Waals surface area (Å²) < 4.78 is 4.90. The van der Waals surface area contributed by atoms with Gasteiger partial charge in [0.1, 0.15) is 0 Å². The van der Waals surface area contributed by atoms with Crippen LogP contribution in [0, 0.1) is 13.8 Å². The first-order chi connectivity index (χ1) is 11.4. The Morgan fingerprint density at radius 1 is 1.25 bits per heavy atom. The molecule has 0 radical (unpaired) electrons. The van der Waals surface area contributed by atoms with E-state index in [1.807, 2.05) is 26.0 Å². The SMILES string of the molecule is CNC(=O)c1noc(CNC(=O)N(C)Cc2cc(C)cc(C)n2)n1. The molecular formula is C15H20N6O3. The van der Waals surface area contributed by atoms with Crippen molar-refractivity contribution in [3.8, 4) is 0 Å². The first kappa shape index (κ1) is 17.4. The number of carbonyl (C=O) groups excluding carboxylic acids is 2. The molecule has 24 heavy (non-hydrogen) atoms. The Hall–Kier alpha value is -2.97. The Morgan fingerprint density at radius 3 is 2.67 bits per heavy atom. The average Bonchev–Trinajstić information content (AvgIpc) is 2.99. The third kappa shape index (κ3) is 4.51. The van der Waals surface area contributed by atoms with Gasteiger partial charge < -0.3 is 20.1 Å². The third-order valence-electron chi connectivity index (χ3n) is 3.19. The number of aryl methyl sites for hydroxylation is 2. The number of nitrogens with zero attached hydrogens (tertiary/aromatic N) is 4. The van der Waals surface area contributed by atoms with Crippen LogP contribution in [0.1, 0.15) is 33.5 Å². The van der Waals surface area contributed by atoms with Crippen LogP contribution in [0.5, 0.6) is 0 Å². The van der Waals surface area contributed by atoms with Crippen LogP contribution in [0.25, 0.3) is 0 Å². The summed E-state index contributed by atoms with van der Waals surface area (Å²) in [5, 5.41) is 8.56. The minimum absolute atomic E-state index is 0.0352. The summed E-state index contributed by atoms with van der Waals surface area (Å²) in [4.78, 5) is 33.2. The van der Waals surface area contributed by atoms with Gasteiger partial charge in [0, 0.05) is 19.8 Å². The average molecular weight is 332 g/mol. The number of carbonyl (C=O) groups is 2. The van der Waals surface area contributed by atoms with Gasteiger partial charge in [0.05, 0.1) is 18.8 Å². The highest BCUT2D eigenvalue weighted by Crippen LogP contribution is 2.07. The van der Waals surface area contributed by atoms with Gasteiger partial charge in [-0.05, 0) is 31.5 Å². The molecule has 2 rings (SSSR count). The molecule has 0 bridgehead atoms. The highest BCUT2D eigenvalue weighted by atomic mass is 16.5. The molecule has 0 saturated heterocycles. The largest absolute Gasteiger partial charge is 0.352 e. The number of amides is 3. The molecular weight excluding hydrogens is 312 g/mol. The van der Waals surface area contributed by atoms with E-state index in [9.17, 15) is 9.59 Å². The lowest BCUT2D eigenvalue weighted by Gasteiger charge is -2.17. The second-order valence-electron chi connectivity index (χ2n) is 5.38. The molecule has 0 unspecified atom stereocenters. The van der Waals surface area contributed by atoms with E-state index >= 15 is 0 Å². The van der Waals surface area contributed by atoms with E-state index in [4.69, 9.17) is 4.52 Å². The molecule has 0 aromatic carbocycles. The zero-order valence-electron chi connectivity index (χ0n) is 14.1. The van der Waals surface area contributed by atoms with Crippen LogP contribution in [0.4, 0.5) is 4.79 Å². The Balaban J connectivity index is 1.89. The lowest BCUT2D eigenvalue weighted by molar-refractivity contribution is 0.0950. The van der Waals surface area contributed by atoms with Crippen molar-refractivity contribution in [3.63, 3.8) is 0 Å². The van der Waals surface area contributed by atoms with Crippen molar-refractivity contribution in [2.45, 2.75) is 26.9 Å². The van der Waals surface area contributed by atoms with Crippen LogP contribution in [0.15, 0.2) is 16.7 Å². The number of rotatable bonds is 5. The molecule has 2 heterocycles.